The Labute approximate surface area is 135 Å². The number of aryl methyl sites for hydroxylation is 2. The molecule has 1 N–H and O–H groups in total. The molecule has 0 aliphatic heterocycles. The molecule has 1 aromatic heterocycles. The van der Waals surface area contributed by atoms with E-state index in [9.17, 15) is 4.79 Å². The highest BCUT2D eigenvalue weighted by Gasteiger charge is 2.12. The summed E-state index contributed by atoms with van der Waals surface area (Å²) in [6.45, 7) is 5.83. The van der Waals surface area contributed by atoms with Gasteiger partial charge in [0.25, 0.3) is 5.91 Å². The van der Waals surface area contributed by atoms with Crippen LogP contribution in [0.15, 0.2) is 48.5 Å². The van der Waals surface area contributed by atoms with Crippen LogP contribution in [0.1, 0.15) is 40.3 Å². The van der Waals surface area contributed by atoms with E-state index in [2.05, 4.69) is 15.3 Å². The summed E-state index contributed by atoms with van der Waals surface area (Å²) in [5, 5.41) is 3.02. The average Bonchev–Trinajstić information content (AvgIpc) is 2.56. The average molecular weight is 305 g/mol. The Morgan fingerprint density at radius 3 is 2.30 bits per heavy atom. The second-order valence-electron chi connectivity index (χ2n) is 5.70. The Kier molecular flexibility index (Phi) is 4.06. The van der Waals surface area contributed by atoms with Gasteiger partial charge in [-0.25, -0.2) is 9.97 Å². The minimum atomic E-state index is -0.108. The molecule has 0 aliphatic rings. The molecule has 0 bridgehead atoms. The minimum absolute atomic E-state index is 0.0507. The number of benzene rings is 2. The van der Waals surface area contributed by atoms with Gasteiger partial charge in [-0.1, -0.05) is 30.3 Å². The van der Waals surface area contributed by atoms with E-state index in [4.69, 9.17) is 0 Å². The minimum Gasteiger partial charge on any atom is -0.346 e. The van der Waals surface area contributed by atoms with Crippen LogP contribution in [-0.2, 0) is 0 Å². The van der Waals surface area contributed by atoms with Gasteiger partial charge in [0.05, 0.1) is 28.5 Å². The highest BCUT2D eigenvalue weighted by molar-refractivity contribution is 5.97. The molecular formula is C19H19N3O. The molecule has 0 spiro atoms. The van der Waals surface area contributed by atoms with E-state index < -0.39 is 0 Å². The fraction of sp³-hybridized carbons (Fsp3) is 0.211. The summed E-state index contributed by atoms with van der Waals surface area (Å²) in [6.07, 6.45) is 0. The van der Waals surface area contributed by atoms with Gasteiger partial charge >= 0.3 is 0 Å². The second-order valence-corrected chi connectivity index (χ2v) is 5.70. The third kappa shape index (κ3) is 3.21. The predicted molar refractivity (Wildman–Crippen MR) is 91.3 cm³/mol. The first kappa shape index (κ1) is 15.2. The summed E-state index contributed by atoms with van der Waals surface area (Å²) in [4.78, 5) is 21.5. The number of fused-ring (bicyclic) bond motifs is 1. The van der Waals surface area contributed by atoms with Crippen molar-refractivity contribution in [1.82, 2.24) is 15.3 Å². The van der Waals surface area contributed by atoms with Crippen LogP contribution in [0.4, 0.5) is 0 Å². The number of nitrogens with one attached hydrogen (secondary N) is 1. The molecule has 23 heavy (non-hydrogen) atoms. The van der Waals surface area contributed by atoms with Crippen LogP contribution in [0.25, 0.3) is 11.0 Å². The molecule has 3 rings (SSSR count). The lowest BCUT2D eigenvalue weighted by Gasteiger charge is -2.14. The molecule has 4 nitrogen and oxygen atoms in total. The van der Waals surface area contributed by atoms with Crippen molar-refractivity contribution in [3.8, 4) is 0 Å². The van der Waals surface area contributed by atoms with Crippen molar-refractivity contribution in [3.63, 3.8) is 0 Å². The summed E-state index contributed by atoms with van der Waals surface area (Å²) >= 11 is 0. The molecule has 2 aromatic carbocycles. The molecule has 0 radical (unpaired) electrons. The maximum atomic E-state index is 12.5. The van der Waals surface area contributed by atoms with Crippen molar-refractivity contribution in [3.05, 3.63) is 71.0 Å². The zero-order valence-corrected chi connectivity index (χ0v) is 13.5. The van der Waals surface area contributed by atoms with Gasteiger partial charge in [-0.2, -0.15) is 0 Å². The lowest BCUT2D eigenvalue weighted by molar-refractivity contribution is 0.0940. The number of hydrogen-bond donors (Lipinski definition) is 1. The molecule has 0 fully saturated rings. The van der Waals surface area contributed by atoms with E-state index in [0.29, 0.717) is 5.56 Å². The van der Waals surface area contributed by atoms with E-state index in [0.717, 1.165) is 28.0 Å². The van der Waals surface area contributed by atoms with Crippen LogP contribution in [0.3, 0.4) is 0 Å². The van der Waals surface area contributed by atoms with Crippen molar-refractivity contribution in [2.75, 3.05) is 0 Å². The summed E-state index contributed by atoms with van der Waals surface area (Å²) < 4.78 is 0. The third-order valence-electron chi connectivity index (χ3n) is 3.98. The Bertz CT molecular complexity index is 859. The van der Waals surface area contributed by atoms with E-state index in [1.807, 2.05) is 57.2 Å². The first-order chi connectivity index (χ1) is 11.0. The van der Waals surface area contributed by atoms with E-state index in [1.54, 1.807) is 12.1 Å². The monoisotopic (exact) mass is 305 g/mol. The first-order valence-corrected chi connectivity index (χ1v) is 7.65. The van der Waals surface area contributed by atoms with Gasteiger partial charge in [-0.15, -0.1) is 0 Å². The molecule has 4 heteroatoms. The summed E-state index contributed by atoms with van der Waals surface area (Å²) in [6, 6.07) is 15.3. The number of carbonyl (C=O) groups is 1. The highest BCUT2D eigenvalue weighted by Crippen LogP contribution is 2.16. The third-order valence-corrected chi connectivity index (χ3v) is 3.98. The van der Waals surface area contributed by atoms with Gasteiger partial charge in [-0.05, 0) is 44.5 Å². The second kappa shape index (κ2) is 6.16. The van der Waals surface area contributed by atoms with Crippen LogP contribution >= 0.6 is 0 Å². The Morgan fingerprint density at radius 2 is 1.61 bits per heavy atom. The lowest BCUT2D eigenvalue weighted by atomic mass is 10.1. The van der Waals surface area contributed by atoms with Crippen molar-refractivity contribution >= 4 is 16.9 Å². The number of amides is 1. The molecule has 1 heterocycles. The van der Waals surface area contributed by atoms with Crippen LogP contribution in [0.2, 0.25) is 0 Å². The van der Waals surface area contributed by atoms with Crippen LogP contribution < -0.4 is 5.32 Å². The Hall–Kier alpha value is -2.75. The van der Waals surface area contributed by atoms with Crippen LogP contribution in [0.5, 0.6) is 0 Å². The fourth-order valence-electron chi connectivity index (χ4n) is 2.48. The Balaban J connectivity index is 1.85. The summed E-state index contributed by atoms with van der Waals surface area (Å²) in [7, 11) is 0. The molecule has 0 saturated carbocycles. The molecule has 116 valence electrons. The number of carbonyl (C=O) groups excluding carboxylic acids is 1. The predicted octanol–water partition coefficient (Wildman–Crippen LogP) is 3.74. The molecule has 0 aliphatic carbocycles. The first-order valence-electron chi connectivity index (χ1n) is 7.65. The quantitative estimate of drug-likeness (QED) is 0.802. The standard InChI is InChI=1S/C19H19N3O/c1-12-13(2)21-18-11-16(9-10-17(18)20-12)19(23)22-14(3)15-7-5-4-6-8-15/h4-11,14H,1-3H3,(H,22,23). The number of hydrogen-bond acceptors (Lipinski definition) is 3. The van der Waals surface area contributed by atoms with Crippen molar-refractivity contribution < 1.29 is 4.79 Å². The number of nitrogens with zero attached hydrogens (tertiary/aromatic N) is 2. The molecule has 0 saturated heterocycles. The van der Waals surface area contributed by atoms with E-state index >= 15 is 0 Å². The Morgan fingerprint density at radius 1 is 0.957 bits per heavy atom. The van der Waals surface area contributed by atoms with Gasteiger partial charge in [-0.3, -0.25) is 4.79 Å². The normalized spacial score (nSPS) is 12.1. The van der Waals surface area contributed by atoms with Crippen LogP contribution in [-0.4, -0.2) is 15.9 Å². The van der Waals surface area contributed by atoms with Gasteiger partial charge < -0.3 is 5.32 Å². The van der Waals surface area contributed by atoms with Gasteiger partial charge in [0, 0.05) is 5.56 Å². The van der Waals surface area contributed by atoms with E-state index in [-0.39, 0.29) is 11.9 Å². The maximum Gasteiger partial charge on any atom is 0.251 e. The molecule has 3 aromatic rings. The molecule has 1 atom stereocenters. The van der Waals surface area contributed by atoms with Gasteiger partial charge in [0.2, 0.25) is 0 Å². The smallest absolute Gasteiger partial charge is 0.251 e. The fourth-order valence-corrected chi connectivity index (χ4v) is 2.48. The lowest BCUT2D eigenvalue weighted by Crippen LogP contribution is -2.26. The van der Waals surface area contributed by atoms with Gasteiger partial charge in [0.15, 0.2) is 0 Å². The number of aromatic nitrogens is 2. The largest absolute Gasteiger partial charge is 0.346 e. The van der Waals surface area contributed by atoms with Gasteiger partial charge in [0.1, 0.15) is 0 Å². The molecule has 1 amide bonds. The topological polar surface area (TPSA) is 54.9 Å². The van der Waals surface area contributed by atoms with Crippen LogP contribution in [0, 0.1) is 13.8 Å². The zero-order valence-electron chi connectivity index (χ0n) is 13.5. The van der Waals surface area contributed by atoms with Crippen molar-refractivity contribution in [2.45, 2.75) is 26.8 Å². The molecular weight excluding hydrogens is 286 g/mol. The van der Waals surface area contributed by atoms with Crippen molar-refractivity contribution in [2.24, 2.45) is 0 Å². The summed E-state index contributed by atoms with van der Waals surface area (Å²) in [5.74, 6) is -0.108. The number of rotatable bonds is 3. The highest BCUT2D eigenvalue weighted by atomic mass is 16.1. The van der Waals surface area contributed by atoms with Crippen molar-refractivity contribution in [1.29, 1.82) is 0 Å². The zero-order chi connectivity index (χ0) is 16.4. The molecule has 1 unspecified atom stereocenters. The van der Waals surface area contributed by atoms with E-state index in [1.165, 1.54) is 0 Å². The summed E-state index contributed by atoms with van der Waals surface area (Å²) in [5.41, 5.74) is 5.01. The maximum absolute atomic E-state index is 12.5. The SMILES string of the molecule is Cc1nc2ccc(C(=O)NC(C)c3ccccc3)cc2nc1C.